The quantitative estimate of drug-likeness (QED) is 0.500. The molecule has 0 radical (unpaired) electrons. The van der Waals surface area contributed by atoms with Crippen LogP contribution in [0.25, 0.3) is 11.3 Å². The van der Waals surface area contributed by atoms with Crippen LogP contribution in [0.5, 0.6) is 11.6 Å². The van der Waals surface area contributed by atoms with Crippen LogP contribution in [0.1, 0.15) is 18.7 Å². The first-order valence-corrected chi connectivity index (χ1v) is 9.86. The maximum Gasteiger partial charge on any atom is 0.296 e. The lowest BCUT2D eigenvalue weighted by Crippen LogP contribution is -2.58. The number of carbonyl (C=O) groups is 1. The van der Waals surface area contributed by atoms with Gasteiger partial charge in [-0.25, -0.2) is 9.88 Å². The summed E-state index contributed by atoms with van der Waals surface area (Å²) in [6.07, 6.45) is 1.14. The van der Waals surface area contributed by atoms with Crippen LogP contribution in [0.4, 0.5) is 5.69 Å². The Bertz CT molecular complexity index is 1070. The van der Waals surface area contributed by atoms with Gasteiger partial charge in [0.25, 0.3) is 17.0 Å². The summed E-state index contributed by atoms with van der Waals surface area (Å²) < 4.78 is 7.12. The Morgan fingerprint density at radius 2 is 1.93 bits per heavy atom. The number of anilines is 1. The molecule has 0 saturated heterocycles. The van der Waals surface area contributed by atoms with Gasteiger partial charge < -0.3 is 9.84 Å². The van der Waals surface area contributed by atoms with E-state index in [0.717, 1.165) is 5.56 Å². The van der Waals surface area contributed by atoms with E-state index in [-0.39, 0.29) is 11.8 Å². The molecule has 2 aromatic carbocycles. The molecule has 142 valence electrons. The van der Waals surface area contributed by atoms with E-state index in [9.17, 15) is 9.90 Å². The second-order valence-electron chi connectivity index (χ2n) is 6.22. The minimum Gasteiger partial charge on any atom is -0.854 e. The fourth-order valence-electron chi connectivity index (χ4n) is 3.52. The molecule has 1 aliphatic rings. The highest BCUT2D eigenvalue weighted by molar-refractivity contribution is 7.98. The Morgan fingerprint density at radius 1 is 1.21 bits per heavy atom. The topological polar surface area (TPSA) is 82.3 Å². The number of rotatable bonds is 3. The molecule has 4 rings (SSSR count). The van der Waals surface area contributed by atoms with Gasteiger partial charge in [0.05, 0.1) is 29.8 Å². The largest absolute Gasteiger partial charge is 0.854 e. The highest BCUT2D eigenvalue weighted by Gasteiger charge is 2.44. The second kappa shape index (κ2) is 7.12. The fraction of sp³-hybridized carbons (Fsp3) is 0.200. The molecule has 0 fully saturated rings. The van der Waals surface area contributed by atoms with E-state index in [1.54, 1.807) is 29.0 Å². The van der Waals surface area contributed by atoms with Crippen LogP contribution in [-0.4, -0.2) is 29.4 Å². The summed E-state index contributed by atoms with van der Waals surface area (Å²) in [6.45, 7) is 1.50. The van der Waals surface area contributed by atoms with Crippen molar-refractivity contribution in [3.8, 4) is 22.9 Å². The Morgan fingerprint density at radius 3 is 2.64 bits per heavy atom. The van der Waals surface area contributed by atoms with E-state index < -0.39 is 6.17 Å². The highest BCUT2D eigenvalue weighted by Crippen LogP contribution is 2.42. The monoisotopic (exact) mass is 394 g/mol. The summed E-state index contributed by atoms with van der Waals surface area (Å²) in [7, 11) is 1.58. The van der Waals surface area contributed by atoms with Crippen molar-refractivity contribution in [1.82, 2.24) is 10.1 Å². The maximum atomic E-state index is 12.9. The molecule has 2 heterocycles. The number of fused-ring (bicyclic) bond motifs is 3. The first kappa shape index (κ1) is 18.2. The van der Waals surface area contributed by atoms with E-state index in [1.165, 1.54) is 18.7 Å². The zero-order valence-corrected chi connectivity index (χ0v) is 16.4. The number of ether oxygens (including phenoxy) is 1. The number of para-hydroxylation sites is 2. The summed E-state index contributed by atoms with van der Waals surface area (Å²) >= 11 is 1.28. The number of methoxy groups -OCH3 is 1. The molecule has 0 spiro atoms. The normalized spacial score (nSPS) is 15.0. The molecule has 7 nitrogen and oxygen atoms in total. The second-order valence-corrected chi connectivity index (χ2v) is 6.99. The molecule has 0 aliphatic carbocycles. The minimum atomic E-state index is -0.667. The summed E-state index contributed by atoms with van der Waals surface area (Å²) in [6, 6.07) is 14.7. The molecule has 0 N–H and O–H groups in total. The molecule has 1 unspecified atom stereocenters. The Labute approximate surface area is 166 Å². The predicted molar refractivity (Wildman–Crippen MR) is 103 cm³/mol. The van der Waals surface area contributed by atoms with Gasteiger partial charge >= 0.3 is 0 Å². The van der Waals surface area contributed by atoms with Gasteiger partial charge in [-0.3, -0.25) is 4.79 Å². The number of carbonyl (C=O) groups excluding carboxylic acids is 1. The predicted octanol–water partition coefficient (Wildman–Crippen LogP) is 2.15. The maximum absolute atomic E-state index is 12.9. The third-order valence-electron chi connectivity index (χ3n) is 4.66. The van der Waals surface area contributed by atoms with Crippen LogP contribution in [0.3, 0.4) is 0 Å². The molecule has 1 amide bonds. The molecule has 0 bridgehead atoms. The van der Waals surface area contributed by atoms with Crippen molar-refractivity contribution >= 4 is 23.4 Å². The van der Waals surface area contributed by atoms with Crippen LogP contribution in [0.2, 0.25) is 0 Å². The zero-order chi connectivity index (χ0) is 19.8. The SMILES string of the molecule is COc1ccccc1C1N(C(C)=O)c2ccccc2-c2c([O-])nc(SC)n[n+]21. The average molecular weight is 394 g/mol. The standard InChI is InChI=1S/C20H18N4O3S/c1-12(25)23-15-10-6-4-8-13(15)17-18(26)21-20(28-3)22-24(17)19(23)14-9-5-7-11-16(14)27-2/h4-11,19H,1-3H3. The fourth-order valence-corrected chi connectivity index (χ4v) is 3.87. The number of benzene rings is 2. The van der Waals surface area contributed by atoms with Gasteiger partial charge in [-0.15, -0.1) is 0 Å². The lowest BCUT2D eigenvalue weighted by Gasteiger charge is -2.33. The molecule has 0 saturated carbocycles. The summed E-state index contributed by atoms with van der Waals surface area (Å²) in [5.74, 6) is 0.0570. The lowest BCUT2D eigenvalue weighted by molar-refractivity contribution is -0.764. The lowest BCUT2D eigenvalue weighted by atomic mass is 10.0. The van der Waals surface area contributed by atoms with E-state index in [1.807, 2.05) is 42.5 Å². The van der Waals surface area contributed by atoms with Gasteiger partial charge in [0.1, 0.15) is 5.75 Å². The van der Waals surface area contributed by atoms with Crippen molar-refractivity contribution in [3.63, 3.8) is 0 Å². The highest BCUT2D eigenvalue weighted by atomic mass is 32.2. The van der Waals surface area contributed by atoms with Gasteiger partial charge in [0.15, 0.2) is 0 Å². The van der Waals surface area contributed by atoms with Crippen LogP contribution >= 0.6 is 11.8 Å². The van der Waals surface area contributed by atoms with Gasteiger partial charge in [-0.05, 0) is 30.5 Å². The number of nitrogens with zero attached hydrogens (tertiary/aromatic N) is 4. The van der Waals surface area contributed by atoms with Crippen molar-refractivity contribution < 1.29 is 19.3 Å². The number of hydrogen-bond acceptors (Lipinski definition) is 6. The summed E-state index contributed by atoms with van der Waals surface area (Å²) in [5.41, 5.74) is 2.35. The van der Waals surface area contributed by atoms with E-state index in [0.29, 0.717) is 27.9 Å². The summed E-state index contributed by atoms with van der Waals surface area (Å²) in [5, 5.41) is 17.8. The Hall–Kier alpha value is -3.13. The molecule has 1 aromatic heterocycles. The average Bonchev–Trinajstić information content (AvgIpc) is 2.72. The molecule has 3 aromatic rings. The molecule has 1 aliphatic heterocycles. The number of hydrogen-bond donors (Lipinski definition) is 0. The number of aromatic nitrogens is 3. The third-order valence-corrected chi connectivity index (χ3v) is 5.19. The van der Waals surface area contributed by atoms with Crippen molar-refractivity contribution in [2.75, 3.05) is 18.3 Å². The molecular weight excluding hydrogens is 376 g/mol. The van der Waals surface area contributed by atoms with Gasteiger partial charge in [0, 0.05) is 12.0 Å². The third kappa shape index (κ3) is 2.77. The summed E-state index contributed by atoms with van der Waals surface area (Å²) in [4.78, 5) is 18.5. The van der Waals surface area contributed by atoms with E-state index >= 15 is 0 Å². The zero-order valence-electron chi connectivity index (χ0n) is 15.6. The molecule has 8 heteroatoms. The molecule has 1 atom stereocenters. The van der Waals surface area contributed by atoms with E-state index in [4.69, 9.17) is 4.74 Å². The van der Waals surface area contributed by atoms with Crippen LogP contribution in [0, 0.1) is 0 Å². The Kier molecular flexibility index (Phi) is 4.64. The van der Waals surface area contributed by atoms with Crippen LogP contribution < -0.4 is 19.4 Å². The van der Waals surface area contributed by atoms with E-state index in [2.05, 4.69) is 10.1 Å². The first-order chi connectivity index (χ1) is 13.6. The van der Waals surface area contributed by atoms with Gasteiger partial charge in [0.2, 0.25) is 5.91 Å². The Balaban J connectivity index is 2.10. The molecule has 28 heavy (non-hydrogen) atoms. The van der Waals surface area contributed by atoms with Gasteiger partial charge in [-0.1, -0.05) is 40.7 Å². The minimum absolute atomic E-state index is 0.168. The van der Waals surface area contributed by atoms with Crippen molar-refractivity contribution in [2.24, 2.45) is 0 Å². The van der Waals surface area contributed by atoms with Crippen LogP contribution in [0.15, 0.2) is 53.7 Å². The first-order valence-electron chi connectivity index (χ1n) is 8.63. The van der Waals surface area contributed by atoms with Crippen molar-refractivity contribution in [1.29, 1.82) is 0 Å². The van der Waals surface area contributed by atoms with Crippen molar-refractivity contribution in [3.05, 3.63) is 54.1 Å². The van der Waals surface area contributed by atoms with Crippen molar-refractivity contribution in [2.45, 2.75) is 18.2 Å². The number of amides is 1. The molecular formula is C20H18N4O3S. The van der Waals surface area contributed by atoms with Crippen LogP contribution in [-0.2, 0) is 4.79 Å². The number of thioether (sulfide) groups is 1. The van der Waals surface area contributed by atoms with Gasteiger partial charge in [-0.2, -0.15) is 0 Å². The smallest absolute Gasteiger partial charge is 0.296 e.